The first-order chi connectivity index (χ1) is 11.2. The van der Waals surface area contributed by atoms with Crippen LogP contribution in [0.2, 0.25) is 0 Å². The van der Waals surface area contributed by atoms with Crippen LogP contribution >= 0.6 is 0 Å². The maximum atomic E-state index is 12.0. The summed E-state index contributed by atoms with van der Waals surface area (Å²) in [6.07, 6.45) is 6.18. The highest BCUT2D eigenvalue weighted by molar-refractivity contribution is 6.02. The Morgan fingerprint density at radius 3 is 2.78 bits per heavy atom. The third-order valence-corrected chi connectivity index (χ3v) is 3.90. The topological polar surface area (TPSA) is 81.6 Å². The Morgan fingerprint density at radius 2 is 2.17 bits per heavy atom. The summed E-state index contributed by atoms with van der Waals surface area (Å²) >= 11 is 0. The number of hydrogen-bond acceptors (Lipinski definition) is 3. The molecule has 1 fully saturated rings. The number of H-pyrrole nitrogens is 1. The highest BCUT2D eigenvalue weighted by Gasteiger charge is 2.24. The third kappa shape index (κ3) is 3.49. The number of amides is 1. The van der Waals surface area contributed by atoms with Gasteiger partial charge in [-0.1, -0.05) is 31.2 Å². The summed E-state index contributed by atoms with van der Waals surface area (Å²) in [5, 5.41) is 19.1. The van der Waals surface area contributed by atoms with E-state index in [-0.39, 0.29) is 17.5 Å². The van der Waals surface area contributed by atoms with E-state index in [1.54, 1.807) is 12.3 Å². The van der Waals surface area contributed by atoms with Crippen molar-refractivity contribution in [3.63, 3.8) is 0 Å². The standard InChI is InChI=1S/C18H18N4O/c1-2-12-3-5-13(6-4-12)17-15(11-20-22-17)9-14(10-19)18(23)21-16-7-8-16/h3-6,9,11,16H,2,7-8H2,1H3,(H,20,22)(H,21,23). The summed E-state index contributed by atoms with van der Waals surface area (Å²) in [5.74, 6) is -0.316. The summed E-state index contributed by atoms with van der Waals surface area (Å²) in [4.78, 5) is 12.0. The zero-order valence-electron chi connectivity index (χ0n) is 13.0. The lowest BCUT2D eigenvalue weighted by Gasteiger charge is -2.03. The summed E-state index contributed by atoms with van der Waals surface area (Å²) in [6, 6.07) is 10.4. The molecule has 0 aliphatic heterocycles. The average Bonchev–Trinajstić information content (AvgIpc) is 3.27. The summed E-state index contributed by atoms with van der Waals surface area (Å²) < 4.78 is 0. The Morgan fingerprint density at radius 1 is 1.43 bits per heavy atom. The Kier molecular flexibility index (Phi) is 4.24. The second-order valence-corrected chi connectivity index (χ2v) is 5.67. The molecule has 0 saturated heterocycles. The number of nitriles is 1. The fourth-order valence-corrected chi connectivity index (χ4v) is 2.34. The number of hydrogen-bond donors (Lipinski definition) is 2. The molecule has 5 nitrogen and oxygen atoms in total. The van der Waals surface area contributed by atoms with Crippen molar-refractivity contribution in [3.8, 4) is 17.3 Å². The van der Waals surface area contributed by atoms with Crippen LogP contribution < -0.4 is 5.32 Å². The number of carbonyl (C=O) groups excluding carboxylic acids is 1. The molecule has 1 aromatic heterocycles. The summed E-state index contributed by atoms with van der Waals surface area (Å²) in [6.45, 7) is 2.11. The summed E-state index contributed by atoms with van der Waals surface area (Å²) in [5.41, 5.74) is 3.87. The van der Waals surface area contributed by atoms with Gasteiger partial charge in [0.25, 0.3) is 5.91 Å². The minimum Gasteiger partial charge on any atom is -0.349 e. The van der Waals surface area contributed by atoms with Crippen LogP contribution in [0.5, 0.6) is 0 Å². The van der Waals surface area contributed by atoms with Gasteiger partial charge in [0.1, 0.15) is 11.6 Å². The zero-order valence-corrected chi connectivity index (χ0v) is 13.0. The third-order valence-electron chi connectivity index (χ3n) is 3.90. The lowest BCUT2D eigenvalue weighted by molar-refractivity contribution is -0.117. The van der Waals surface area contributed by atoms with Gasteiger partial charge in [-0.2, -0.15) is 10.4 Å². The van der Waals surface area contributed by atoms with Crippen molar-refractivity contribution in [1.82, 2.24) is 15.5 Å². The molecule has 1 saturated carbocycles. The van der Waals surface area contributed by atoms with Gasteiger partial charge in [0.2, 0.25) is 0 Å². The van der Waals surface area contributed by atoms with Crippen LogP contribution in [0.3, 0.4) is 0 Å². The predicted molar refractivity (Wildman–Crippen MR) is 88.2 cm³/mol. The quantitative estimate of drug-likeness (QED) is 0.658. The van der Waals surface area contributed by atoms with E-state index in [9.17, 15) is 10.1 Å². The van der Waals surface area contributed by atoms with Gasteiger partial charge in [0.15, 0.2) is 0 Å². The predicted octanol–water partition coefficient (Wildman–Crippen LogP) is 2.82. The molecule has 2 N–H and O–H groups in total. The van der Waals surface area contributed by atoms with Crippen molar-refractivity contribution in [2.75, 3.05) is 0 Å². The first-order valence-electron chi connectivity index (χ1n) is 7.76. The molecule has 2 aromatic rings. The van der Waals surface area contributed by atoms with Crippen LogP contribution in [0.1, 0.15) is 30.9 Å². The van der Waals surface area contributed by atoms with E-state index in [4.69, 9.17) is 0 Å². The number of aryl methyl sites for hydroxylation is 1. The molecular formula is C18H18N4O. The molecule has 1 aliphatic rings. The first-order valence-corrected chi connectivity index (χ1v) is 7.76. The smallest absolute Gasteiger partial charge is 0.262 e. The minimum absolute atomic E-state index is 0.102. The van der Waals surface area contributed by atoms with Crippen LogP contribution in [0, 0.1) is 11.3 Å². The number of carbonyl (C=O) groups is 1. The van der Waals surface area contributed by atoms with Crippen molar-refractivity contribution in [2.24, 2.45) is 0 Å². The van der Waals surface area contributed by atoms with Crippen LogP contribution in [0.15, 0.2) is 36.0 Å². The van der Waals surface area contributed by atoms with Crippen molar-refractivity contribution >= 4 is 12.0 Å². The molecule has 0 unspecified atom stereocenters. The number of aromatic amines is 1. The van der Waals surface area contributed by atoms with Gasteiger partial charge in [-0.3, -0.25) is 9.89 Å². The van der Waals surface area contributed by atoms with Gasteiger partial charge in [0.05, 0.1) is 11.9 Å². The van der Waals surface area contributed by atoms with E-state index in [1.165, 1.54) is 5.56 Å². The van der Waals surface area contributed by atoms with Gasteiger partial charge >= 0.3 is 0 Å². The average molecular weight is 306 g/mol. The largest absolute Gasteiger partial charge is 0.349 e. The highest BCUT2D eigenvalue weighted by Crippen LogP contribution is 2.24. The van der Waals surface area contributed by atoms with Crippen LogP contribution in [-0.4, -0.2) is 22.1 Å². The maximum absolute atomic E-state index is 12.0. The SMILES string of the molecule is CCc1ccc(-c2[nH]ncc2C=C(C#N)C(=O)NC2CC2)cc1. The molecule has 5 heteroatoms. The minimum atomic E-state index is -0.316. The monoisotopic (exact) mass is 306 g/mol. The van der Waals surface area contributed by atoms with E-state index < -0.39 is 0 Å². The molecule has 1 amide bonds. The number of rotatable bonds is 5. The van der Waals surface area contributed by atoms with E-state index in [1.807, 2.05) is 18.2 Å². The number of nitrogens with one attached hydrogen (secondary N) is 2. The number of nitrogens with zero attached hydrogens (tertiary/aromatic N) is 2. The molecule has 1 heterocycles. The maximum Gasteiger partial charge on any atom is 0.262 e. The number of benzene rings is 1. The molecule has 23 heavy (non-hydrogen) atoms. The van der Waals surface area contributed by atoms with Crippen molar-refractivity contribution in [2.45, 2.75) is 32.2 Å². The Labute approximate surface area is 135 Å². The van der Waals surface area contributed by atoms with E-state index >= 15 is 0 Å². The molecule has 0 atom stereocenters. The molecule has 0 bridgehead atoms. The normalized spacial score (nSPS) is 14.3. The molecule has 0 radical (unpaired) electrons. The van der Waals surface area contributed by atoms with Crippen LogP contribution in [0.4, 0.5) is 0 Å². The summed E-state index contributed by atoms with van der Waals surface area (Å²) in [7, 11) is 0. The van der Waals surface area contributed by atoms with Crippen molar-refractivity contribution in [3.05, 3.63) is 47.2 Å². The molecule has 3 rings (SSSR count). The second-order valence-electron chi connectivity index (χ2n) is 5.67. The molecular weight excluding hydrogens is 288 g/mol. The molecule has 116 valence electrons. The van der Waals surface area contributed by atoms with Gasteiger partial charge in [-0.05, 0) is 30.9 Å². The fourth-order valence-electron chi connectivity index (χ4n) is 2.34. The first kappa shape index (κ1) is 15.0. The Hall–Kier alpha value is -2.87. The molecule has 1 aromatic carbocycles. The fraction of sp³-hybridized carbons (Fsp3) is 0.278. The van der Waals surface area contributed by atoms with Crippen molar-refractivity contribution < 1.29 is 4.79 Å². The van der Waals surface area contributed by atoms with E-state index in [0.29, 0.717) is 0 Å². The van der Waals surface area contributed by atoms with Crippen LogP contribution in [0.25, 0.3) is 17.3 Å². The lowest BCUT2D eigenvalue weighted by Crippen LogP contribution is -2.26. The molecule has 0 spiro atoms. The Bertz CT molecular complexity index is 776. The van der Waals surface area contributed by atoms with E-state index in [2.05, 4.69) is 34.6 Å². The second kappa shape index (κ2) is 6.49. The van der Waals surface area contributed by atoms with Gasteiger partial charge in [0, 0.05) is 17.2 Å². The number of aromatic nitrogens is 2. The zero-order chi connectivity index (χ0) is 16.2. The van der Waals surface area contributed by atoms with Gasteiger partial charge < -0.3 is 5.32 Å². The molecule has 1 aliphatic carbocycles. The Balaban J connectivity index is 1.88. The van der Waals surface area contributed by atoms with Crippen molar-refractivity contribution in [1.29, 1.82) is 5.26 Å². The lowest BCUT2D eigenvalue weighted by atomic mass is 10.0. The van der Waals surface area contributed by atoms with Crippen LogP contribution in [-0.2, 0) is 11.2 Å². The highest BCUT2D eigenvalue weighted by atomic mass is 16.1. The van der Waals surface area contributed by atoms with Gasteiger partial charge in [-0.15, -0.1) is 0 Å². The van der Waals surface area contributed by atoms with Gasteiger partial charge in [-0.25, -0.2) is 0 Å². The van der Waals surface area contributed by atoms with E-state index in [0.717, 1.165) is 36.1 Å².